The Kier molecular flexibility index (Phi) is 4.75. The quantitative estimate of drug-likeness (QED) is 0.831. The monoisotopic (exact) mass is 300 g/mol. The van der Waals surface area contributed by atoms with Gasteiger partial charge >= 0.3 is 12.2 Å². The van der Waals surface area contributed by atoms with Crippen molar-refractivity contribution in [3.05, 3.63) is 29.3 Å². The van der Waals surface area contributed by atoms with Gasteiger partial charge in [-0.05, 0) is 37.5 Å². The molecule has 21 heavy (non-hydrogen) atoms. The van der Waals surface area contributed by atoms with Crippen LogP contribution in [0.15, 0.2) is 18.2 Å². The van der Waals surface area contributed by atoms with Crippen molar-refractivity contribution in [1.82, 2.24) is 5.32 Å². The van der Waals surface area contributed by atoms with Crippen molar-refractivity contribution >= 4 is 11.7 Å². The molecule has 1 fully saturated rings. The van der Waals surface area contributed by atoms with E-state index in [4.69, 9.17) is 0 Å². The van der Waals surface area contributed by atoms with Gasteiger partial charge in [-0.2, -0.15) is 13.2 Å². The summed E-state index contributed by atoms with van der Waals surface area (Å²) in [5.41, 5.74) is 0.0287. The molecule has 6 heteroatoms. The Morgan fingerprint density at radius 3 is 2.48 bits per heavy atom. The first-order valence-corrected chi connectivity index (χ1v) is 7.11. The molecule has 0 bridgehead atoms. The number of alkyl halides is 3. The fourth-order valence-corrected chi connectivity index (χ4v) is 2.52. The van der Waals surface area contributed by atoms with Gasteiger partial charge in [-0.15, -0.1) is 0 Å². The second-order valence-corrected chi connectivity index (χ2v) is 5.46. The van der Waals surface area contributed by atoms with Crippen molar-refractivity contribution in [1.29, 1.82) is 0 Å². The Hall–Kier alpha value is -1.72. The van der Waals surface area contributed by atoms with E-state index < -0.39 is 17.8 Å². The van der Waals surface area contributed by atoms with E-state index >= 15 is 0 Å². The number of rotatable bonds is 2. The normalized spacial score (nSPS) is 16.6. The third-order valence-electron chi connectivity index (χ3n) is 3.75. The number of benzene rings is 1. The summed E-state index contributed by atoms with van der Waals surface area (Å²) in [6, 6.07) is 3.02. The van der Waals surface area contributed by atoms with Crippen molar-refractivity contribution in [2.75, 3.05) is 5.32 Å². The van der Waals surface area contributed by atoms with Crippen molar-refractivity contribution in [2.45, 2.75) is 51.2 Å². The molecule has 2 rings (SSSR count). The van der Waals surface area contributed by atoms with E-state index in [0.717, 1.165) is 37.8 Å². The summed E-state index contributed by atoms with van der Waals surface area (Å²) in [4.78, 5) is 11.9. The number of hydrogen-bond donors (Lipinski definition) is 2. The first kappa shape index (κ1) is 15.7. The molecule has 0 spiro atoms. The van der Waals surface area contributed by atoms with Crippen LogP contribution >= 0.6 is 0 Å². The van der Waals surface area contributed by atoms with Gasteiger partial charge < -0.3 is 10.6 Å². The average Bonchev–Trinajstić information content (AvgIpc) is 2.41. The van der Waals surface area contributed by atoms with Gasteiger partial charge in [0, 0.05) is 11.7 Å². The summed E-state index contributed by atoms with van der Waals surface area (Å²) in [5, 5.41) is 5.34. The molecule has 116 valence electrons. The van der Waals surface area contributed by atoms with Crippen LogP contribution in [0, 0.1) is 6.92 Å². The van der Waals surface area contributed by atoms with Gasteiger partial charge in [-0.25, -0.2) is 4.79 Å². The second-order valence-electron chi connectivity index (χ2n) is 5.46. The lowest BCUT2D eigenvalue weighted by Gasteiger charge is -2.23. The lowest BCUT2D eigenvalue weighted by Crippen LogP contribution is -2.39. The average molecular weight is 300 g/mol. The summed E-state index contributed by atoms with van der Waals surface area (Å²) in [7, 11) is 0. The zero-order valence-corrected chi connectivity index (χ0v) is 11.9. The van der Waals surface area contributed by atoms with Crippen LogP contribution in [0.1, 0.15) is 43.2 Å². The van der Waals surface area contributed by atoms with Crippen LogP contribution in [0.25, 0.3) is 0 Å². The van der Waals surface area contributed by atoms with Crippen LogP contribution < -0.4 is 10.6 Å². The van der Waals surface area contributed by atoms with Gasteiger partial charge in [-0.3, -0.25) is 0 Å². The maximum absolute atomic E-state index is 12.7. The van der Waals surface area contributed by atoms with Crippen LogP contribution in [0.2, 0.25) is 0 Å². The molecule has 0 radical (unpaired) electrons. The Labute approximate surface area is 121 Å². The van der Waals surface area contributed by atoms with Crippen molar-refractivity contribution in [2.24, 2.45) is 0 Å². The molecular weight excluding hydrogens is 281 g/mol. The number of anilines is 1. The molecule has 0 aliphatic heterocycles. The fraction of sp³-hybridized carbons (Fsp3) is 0.533. The third kappa shape index (κ3) is 4.37. The van der Waals surface area contributed by atoms with Crippen molar-refractivity contribution < 1.29 is 18.0 Å². The number of carbonyl (C=O) groups excluding carboxylic acids is 1. The van der Waals surface area contributed by atoms with E-state index in [-0.39, 0.29) is 11.7 Å². The van der Waals surface area contributed by atoms with Crippen LogP contribution in [-0.2, 0) is 6.18 Å². The van der Waals surface area contributed by atoms with Crippen LogP contribution in [0.5, 0.6) is 0 Å². The van der Waals surface area contributed by atoms with Crippen LogP contribution in [-0.4, -0.2) is 12.1 Å². The summed E-state index contributed by atoms with van der Waals surface area (Å²) < 4.78 is 38.0. The molecule has 0 aromatic heterocycles. The molecule has 0 heterocycles. The highest BCUT2D eigenvalue weighted by molar-refractivity contribution is 5.90. The fourth-order valence-electron chi connectivity index (χ4n) is 2.52. The van der Waals surface area contributed by atoms with E-state index in [9.17, 15) is 18.0 Å². The topological polar surface area (TPSA) is 41.1 Å². The predicted octanol–water partition coefficient (Wildman–Crippen LogP) is 4.47. The Morgan fingerprint density at radius 1 is 1.19 bits per heavy atom. The standard InChI is InChI=1S/C15H19F3N2O/c1-10-7-8-11(15(16,17)18)9-13(10)20-14(21)19-12-5-3-2-4-6-12/h7-9,12H,2-6H2,1H3,(H2,19,20,21). The van der Waals surface area contributed by atoms with E-state index in [1.165, 1.54) is 12.5 Å². The zero-order chi connectivity index (χ0) is 15.5. The molecule has 2 amide bonds. The number of aryl methyl sites for hydroxylation is 1. The van der Waals surface area contributed by atoms with E-state index in [1.807, 2.05) is 0 Å². The minimum absolute atomic E-state index is 0.116. The molecule has 1 aliphatic carbocycles. The molecular formula is C15H19F3N2O. The smallest absolute Gasteiger partial charge is 0.335 e. The number of carbonyl (C=O) groups is 1. The van der Waals surface area contributed by atoms with Crippen LogP contribution in [0.4, 0.5) is 23.7 Å². The SMILES string of the molecule is Cc1ccc(C(F)(F)F)cc1NC(=O)NC1CCCCC1. The predicted molar refractivity (Wildman–Crippen MR) is 75.2 cm³/mol. The largest absolute Gasteiger partial charge is 0.416 e. The molecule has 2 N–H and O–H groups in total. The molecule has 0 atom stereocenters. The first-order chi connectivity index (χ1) is 9.86. The Bertz CT molecular complexity index is 508. The van der Waals surface area contributed by atoms with Crippen molar-refractivity contribution in [3.8, 4) is 0 Å². The number of amides is 2. The van der Waals surface area contributed by atoms with Crippen LogP contribution in [0.3, 0.4) is 0 Å². The van der Waals surface area contributed by atoms with Gasteiger partial charge in [-0.1, -0.05) is 25.3 Å². The highest BCUT2D eigenvalue weighted by Crippen LogP contribution is 2.32. The lowest BCUT2D eigenvalue weighted by atomic mass is 9.96. The summed E-state index contributed by atoms with van der Waals surface area (Å²) in [6.07, 6.45) is 0.765. The van der Waals surface area contributed by atoms with Gasteiger partial charge in [0.15, 0.2) is 0 Å². The first-order valence-electron chi connectivity index (χ1n) is 7.11. The number of urea groups is 1. The number of nitrogens with one attached hydrogen (secondary N) is 2. The molecule has 1 aromatic carbocycles. The second kappa shape index (κ2) is 6.37. The highest BCUT2D eigenvalue weighted by Gasteiger charge is 2.31. The van der Waals surface area contributed by atoms with Crippen molar-refractivity contribution in [3.63, 3.8) is 0 Å². The van der Waals surface area contributed by atoms with Gasteiger partial charge in [0.05, 0.1) is 5.56 Å². The summed E-state index contributed by atoms with van der Waals surface area (Å²) in [5.74, 6) is 0. The molecule has 1 aromatic rings. The highest BCUT2D eigenvalue weighted by atomic mass is 19.4. The minimum atomic E-state index is -4.41. The molecule has 1 aliphatic rings. The van der Waals surface area contributed by atoms with E-state index in [2.05, 4.69) is 10.6 Å². The lowest BCUT2D eigenvalue weighted by molar-refractivity contribution is -0.137. The van der Waals surface area contributed by atoms with E-state index in [1.54, 1.807) is 6.92 Å². The maximum Gasteiger partial charge on any atom is 0.416 e. The van der Waals surface area contributed by atoms with Gasteiger partial charge in [0.25, 0.3) is 0 Å². The maximum atomic E-state index is 12.7. The molecule has 0 saturated heterocycles. The Morgan fingerprint density at radius 2 is 1.86 bits per heavy atom. The minimum Gasteiger partial charge on any atom is -0.335 e. The van der Waals surface area contributed by atoms with Gasteiger partial charge in [0.2, 0.25) is 0 Å². The van der Waals surface area contributed by atoms with E-state index in [0.29, 0.717) is 5.56 Å². The molecule has 3 nitrogen and oxygen atoms in total. The summed E-state index contributed by atoms with van der Waals surface area (Å²) >= 11 is 0. The van der Waals surface area contributed by atoms with Gasteiger partial charge in [0.1, 0.15) is 0 Å². The third-order valence-corrected chi connectivity index (χ3v) is 3.75. The Balaban J connectivity index is 2.02. The summed E-state index contributed by atoms with van der Waals surface area (Å²) in [6.45, 7) is 1.66. The zero-order valence-electron chi connectivity index (χ0n) is 11.9. The molecule has 0 unspecified atom stereocenters. The number of hydrogen-bond acceptors (Lipinski definition) is 1. The number of halogens is 3. The molecule has 1 saturated carbocycles.